The van der Waals surface area contributed by atoms with E-state index in [2.05, 4.69) is 10.4 Å². The van der Waals surface area contributed by atoms with E-state index in [4.69, 9.17) is 10.8 Å². The maximum atomic E-state index is 11.1. The molecule has 1 aromatic heterocycles. The summed E-state index contributed by atoms with van der Waals surface area (Å²) in [5.41, 5.74) is 5.73. The number of rotatable bonds is 7. The number of nitrogens with one attached hydrogen (secondary N) is 1. The molecule has 6 nitrogen and oxygen atoms in total. The third kappa shape index (κ3) is 4.16. The molecule has 0 spiro atoms. The van der Waals surface area contributed by atoms with Crippen molar-refractivity contribution in [2.45, 2.75) is 26.9 Å². The number of hydrogen-bond acceptors (Lipinski definition) is 4. The third-order valence-electron chi connectivity index (χ3n) is 2.58. The van der Waals surface area contributed by atoms with Gasteiger partial charge in [-0.3, -0.25) is 9.48 Å². The van der Waals surface area contributed by atoms with Crippen molar-refractivity contribution in [1.29, 1.82) is 0 Å². The number of aromatic nitrogens is 2. The summed E-state index contributed by atoms with van der Waals surface area (Å²) in [4.78, 5) is 11.1. The van der Waals surface area contributed by atoms with Crippen LogP contribution in [0.15, 0.2) is 12.4 Å². The van der Waals surface area contributed by atoms with Crippen LogP contribution in [0.5, 0.6) is 0 Å². The predicted octanol–water partition coefficient (Wildman–Crippen LogP) is -0.523. The summed E-state index contributed by atoms with van der Waals surface area (Å²) in [5, 5.41) is 16.0. The van der Waals surface area contributed by atoms with Crippen LogP contribution in [0.3, 0.4) is 0 Å². The van der Waals surface area contributed by atoms with E-state index in [0.717, 1.165) is 5.56 Å². The van der Waals surface area contributed by atoms with Gasteiger partial charge < -0.3 is 16.2 Å². The second-order valence-corrected chi connectivity index (χ2v) is 4.69. The smallest absolute Gasteiger partial charge is 0.224 e. The number of nitrogens with two attached hydrogens (primary N) is 1. The Bertz CT molecular complexity index is 373. The molecule has 1 rings (SSSR count). The SMILES string of the molecule is CC(C)(CNCc1cnn(CCO)c1)C(N)=O. The van der Waals surface area contributed by atoms with Crippen LogP contribution in [0.4, 0.5) is 0 Å². The van der Waals surface area contributed by atoms with Crippen molar-refractivity contribution < 1.29 is 9.90 Å². The largest absolute Gasteiger partial charge is 0.394 e. The maximum Gasteiger partial charge on any atom is 0.224 e. The van der Waals surface area contributed by atoms with Gasteiger partial charge in [-0.05, 0) is 13.8 Å². The second kappa shape index (κ2) is 5.79. The van der Waals surface area contributed by atoms with Crippen molar-refractivity contribution in [2.24, 2.45) is 11.1 Å². The normalized spacial score (nSPS) is 11.7. The van der Waals surface area contributed by atoms with Crippen LogP contribution in [0.2, 0.25) is 0 Å². The molecule has 0 atom stereocenters. The summed E-state index contributed by atoms with van der Waals surface area (Å²) in [5.74, 6) is -0.319. The number of hydrogen-bond donors (Lipinski definition) is 3. The molecule has 96 valence electrons. The molecule has 17 heavy (non-hydrogen) atoms. The summed E-state index contributed by atoms with van der Waals surface area (Å²) >= 11 is 0. The van der Waals surface area contributed by atoms with E-state index >= 15 is 0 Å². The minimum Gasteiger partial charge on any atom is -0.394 e. The predicted molar refractivity (Wildman–Crippen MR) is 64.0 cm³/mol. The zero-order valence-corrected chi connectivity index (χ0v) is 10.3. The average Bonchev–Trinajstić information content (AvgIpc) is 2.66. The van der Waals surface area contributed by atoms with E-state index in [1.165, 1.54) is 0 Å². The molecule has 0 saturated heterocycles. The molecule has 0 aliphatic heterocycles. The van der Waals surface area contributed by atoms with Gasteiger partial charge in [0.05, 0.1) is 24.8 Å². The molecule has 0 unspecified atom stereocenters. The number of nitrogens with zero attached hydrogens (tertiary/aromatic N) is 2. The van der Waals surface area contributed by atoms with E-state index in [1.807, 2.05) is 6.20 Å². The van der Waals surface area contributed by atoms with Gasteiger partial charge in [0, 0.05) is 24.8 Å². The minimum absolute atomic E-state index is 0.0727. The molecule has 1 amide bonds. The summed E-state index contributed by atoms with van der Waals surface area (Å²) in [7, 11) is 0. The lowest BCUT2D eigenvalue weighted by Crippen LogP contribution is -2.40. The molecule has 0 aromatic carbocycles. The van der Waals surface area contributed by atoms with Crippen LogP contribution < -0.4 is 11.1 Å². The molecule has 6 heteroatoms. The molecule has 4 N–H and O–H groups in total. The average molecular weight is 240 g/mol. The monoisotopic (exact) mass is 240 g/mol. The topological polar surface area (TPSA) is 93.2 Å². The van der Waals surface area contributed by atoms with Gasteiger partial charge >= 0.3 is 0 Å². The van der Waals surface area contributed by atoms with Crippen LogP contribution in [0.1, 0.15) is 19.4 Å². The minimum atomic E-state index is -0.554. The first-order chi connectivity index (χ1) is 7.95. The number of carbonyl (C=O) groups excluding carboxylic acids is 1. The van der Waals surface area contributed by atoms with Gasteiger partial charge in [-0.15, -0.1) is 0 Å². The lowest BCUT2D eigenvalue weighted by atomic mass is 9.93. The lowest BCUT2D eigenvalue weighted by Gasteiger charge is -2.20. The van der Waals surface area contributed by atoms with Crippen LogP contribution in [0, 0.1) is 5.41 Å². The molecule has 0 saturated carbocycles. The number of aliphatic hydroxyl groups is 1. The van der Waals surface area contributed by atoms with Crippen LogP contribution in [0.25, 0.3) is 0 Å². The molecule has 0 bridgehead atoms. The highest BCUT2D eigenvalue weighted by atomic mass is 16.3. The Balaban J connectivity index is 2.38. The number of amides is 1. The van der Waals surface area contributed by atoms with Gasteiger partial charge in [0.1, 0.15) is 0 Å². The molecule has 0 aliphatic carbocycles. The van der Waals surface area contributed by atoms with Crippen molar-refractivity contribution in [3.05, 3.63) is 18.0 Å². The van der Waals surface area contributed by atoms with Gasteiger partial charge in [0.2, 0.25) is 5.91 Å². The van der Waals surface area contributed by atoms with E-state index in [0.29, 0.717) is 19.6 Å². The zero-order chi connectivity index (χ0) is 12.9. The standard InChI is InChI=1S/C11H20N4O2/c1-11(2,10(12)17)8-13-5-9-6-14-15(7-9)3-4-16/h6-7,13,16H,3-5,8H2,1-2H3,(H2,12,17). The van der Waals surface area contributed by atoms with Gasteiger partial charge in [0.15, 0.2) is 0 Å². The Morgan fingerprint density at radius 1 is 1.65 bits per heavy atom. The number of aliphatic hydroxyl groups excluding tert-OH is 1. The van der Waals surface area contributed by atoms with E-state index < -0.39 is 5.41 Å². The van der Waals surface area contributed by atoms with Crippen LogP contribution in [-0.4, -0.2) is 33.9 Å². The van der Waals surface area contributed by atoms with Gasteiger partial charge in [0.25, 0.3) is 0 Å². The van der Waals surface area contributed by atoms with Crippen molar-refractivity contribution in [3.8, 4) is 0 Å². The molecular formula is C11H20N4O2. The van der Waals surface area contributed by atoms with Gasteiger partial charge in [-0.25, -0.2) is 0 Å². The number of carbonyl (C=O) groups is 1. The Hall–Kier alpha value is -1.40. The van der Waals surface area contributed by atoms with Crippen molar-refractivity contribution in [2.75, 3.05) is 13.2 Å². The molecule has 1 aromatic rings. The van der Waals surface area contributed by atoms with Crippen molar-refractivity contribution in [1.82, 2.24) is 15.1 Å². The Morgan fingerprint density at radius 2 is 2.35 bits per heavy atom. The first kappa shape index (κ1) is 13.7. The quantitative estimate of drug-likeness (QED) is 0.597. The van der Waals surface area contributed by atoms with E-state index in [9.17, 15) is 4.79 Å². The molecule has 1 heterocycles. The molecular weight excluding hydrogens is 220 g/mol. The molecule has 0 radical (unpaired) electrons. The Labute approximate surface area is 101 Å². The van der Waals surface area contributed by atoms with E-state index in [1.54, 1.807) is 24.7 Å². The highest BCUT2D eigenvalue weighted by Gasteiger charge is 2.23. The first-order valence-corrected chi connectivity index (χ1v) is 5.58. The fourth-order valence-electron chi connectivity index (χ4n) is 1.33. The fraction of sp³-hybridized carbons (Fsp3) is 0.636. The number of primary amides is 1. The van der Waals surface area contributed by atoms with Crippen molar-refractivity contribution in [3.63, 3.8) is 0 Å². The third-order valence-corrected chi connectivity index (χ3v) is 2.58. The van der Waals surface area contributed by atoms with Crippen LogP contribution in [-0.2, 0) is 17.9 Å². The lowest BCUT2D eigenvalue weighted by molar-refractivity contribution is -0.125. The maximum absolute atomic E-state index is 11.1. The van der Waals surface area contributed by atoms with Crippen LogP contribution >= 0.6 is 0 Å². The fourth-order valence-corrected chi connectivity index (χ4v) is 1.33. The van der Waals surface area contributed by atoms with Gasteiger partial charge in [-0.1, -0.05) is 0 Å². The first-order valence-electron chi connectivity index (χ1n) is 5.58. The summed E-state index contributed by atoms with van der Waals surface area (Å²) in [6.45, 7) is 5.32. The van der Waals surface area contributed by atoms with E-state index in [-0.39, 0.29) is 12.5 Å². The molecule has 0 fully saturated rings. The summed E-state index contributed by atoms with van der Waals surface area (Å²) in [6.07, 6.45) is 3.60. The molecule has 0 aliphatic rings. The Morgan fingerprint density at radius 3 is 2.94 bits per heavy atom. The zero-order valence-electron chi connectivity index (χ0n) is 10.3. The highest BCUT2D eigenvalue weighted by molar-refractivity contribution is 5.80. The Kier molecular flexibility index (Phi) is 4.65. The summed E-state index contributed by atoms with van der Waals surface area (Å²) in [6, 6.07) is 0. The van der Waals surface area contributed by atoms with Crippen molar-refractivity contribution >= 4 is 5.91 Å². The summed E-state index contributed by atoms with van der Waals surface area (Å²) < 4.78 is 1.68. The highest BCUT2D eigenvalue weighted by Crippen LogP contribution is 2.12. The van der Waals surface area contributed by atoms with Gasteiger partial charge in [-0.2, -0.15) is 5.10 Å². The second-order valence-electron chi connectivity index (χ2n) is 4.69.